The zero-order valence-electron chi connectivity index (χ0n) is 12.9. The highest BCUT2D eigenvalue weighted by molar-refractivity contribution is 5.88. The molecule has 0 aliphatic heterocycles. The van der Waals surface area contributed by atoms with E-state index in [-0.39, 0.29) is 69.2 Å². The van der Waals surface area contributed by atoms with Crippen LogP contribution in [0.3, 0.4) is 0 Å². The van der Waals surface area contributed by atoms with Crippen LogP contribution in [0, 0.1) is 0 Å². The average molecular weight is 463 g/mol. The minimum Gasteiger partial charge on any atom is -0.481 e. The highest BCUT2D eigenvalue weighted by Crippen LogP contribution is 2.16. The van der Waals surface area contributed by atoms with E-state index < -0.39 is 72.7 Å². The van der Waals surface area contributed by atoms with Gasteiger partial charge in [-0.15, -0.1) is 0 Å². The summed E-state index contributed by atoms with van der Waals surface area (Å²) < 4.78 is 0. The summed E-state index contributed by atoms with van der Waals surface area (Å²) in [5.41, 5.74) is -5.48. The Morgan fingerprint density at radius 1 is 0.448 bits per heavy atom. The van der Waals surface area contributed by atoms with E-state index in [9.17, 15) is 28.8 Å². The van der Waals surface area contributed by atoms with Crippen LogP contribution in [-0.4, -0.2) is 157 Å². The maximum atomic E-state index is 10.3. The van der Waals surface area contributed by atoms with Crippen molar-refractivity contribution in [2.45, 2.75) is 36.9 Å². The Bertz CT molecular complexity index is 521. The molecule has 0 saturated carbocycles. The van der Waals surface area contributed by atoms with Gasteiger partial charge in [-0.2, -0.15) is 0 Å². The smallest absolute Gasteiger partial charge is 0.336 e. The molecule has 0 aliphatic rings. The van der Waals surface area contributed by atoms with Gasteiger partial charge >= 0.3 is 105 Å². The quantitative estimate of drug-likeness (QED) is 0.141. The molecule has 0 unspecified atom stereocenters. The fourth-order valence-electron chi connectivity index (χ4n) is 1.43. The summed E-state index contributed by atoms with van der Waals surface area (Å²) >= 11 is 0. The van der Waals surface area contributed by atoms with E-state index in [0.717, 1.165) is 0 Å². The second-order valence-electron chi connectivity index (χ2n) is 4.96. The van der Waals surface area contributed by atoms with Gasteiger partial charge in [0.25, 0.3) is 0 Å². The summed E-state index contributed by atoms with van der Waals surface area (Å²) in [7, 11) is 0. The minimum atomic E-state index is -2.74. The van der Waals surface area contributed by atoms with Crippen LogP contribution in [0.25, 0.3) is 0 Å². The molecule has 160 valence electrons. The third-order valence-corrected chi connectivity index (χ3v) is 2.57. The molecule has 0 aromatic rings. The molecular weight excluding hydrogens is 441 g/mol. The number of carboxylic acid groups (broad SMARTS) is 6. The fraction of sp³-hybridized carbons (Fsp3) is 0.500. The monoisotopic (exact) mass is 462 g/mol. The molecule has 8 N–H and O–H groups in total. The number of hydrogen-bond acceptors (Lipinski definition) is 8. The molecule has 0 amide bonds. The van der Waals surface area contributed by atoms with E-state index >= 15 is 0 Å². The third kappa shape index (κ3) is 17.6. The Kier molecular flexibility index (Phi) is 22.4. The van der Waals surface area contributed by atoms with Gasteiger partial charge in [-0.25, -0.2) is 9.59 Å². The first kappa shape index (κ1) is 38.6. The van der Waals surface area contributed by atoms with E-state index in [1.807, 2.05) is 0 Å². The molecule has 14 nitrogen and oxygen atoms in total. The average Bonchev–Trinajstić information content (AvgIpc) is 2.34. The summed E-state index contributed by atoms with van der Waals surface area (Å²) in [4.78, 5) is 61.0. The number of hydrogen-bond donors (Lipinski definition) is 8. The lowest BCUT2D eigenvalue weighted by molar-refractivity contribution is -0.170. The Hall–Kier alpha value is -0.961. The van der Waals surface area contributed by atoms with Gasteiger partial charge < -0.3 is 40.9 Å². The molecule has 0 bridgehead atoms. The van der Waals surface area contributed by atoms with Crippen molar-refractivity contribution in [3.8, 4) is 0 Å². The first-order valence-electron chi connectivity index (χ1n) is 6.34. The van der Waals surface area contributed by atoms with Gasteiger partial charge in [-0.3, -0.25) is 19.2 Å². The second kappa shape index (κ2) is 16.8. The van der Waals surface area contributed by atoms with Gasteiger partial charge in [0.05, 0.1) is 25.7 Å². The molecule has 0 aromatic carbocycles. The third-order valence-electron chi connectivity index (χ3n) is 2.57. The van der Waals surface area contributed by atoms with Crippen LogP contribution >= 0.6 is 0 Å². The molecule has 0 saturated heterocycles. The maximum absolute atomic E-state index is 10.3. The molecule has 0 radical (unpaired) electrons. The van der Waals surface area contributed by atoms with E-state index in [1.54, 1.807) is 0 Å². The number of aliphatic carboxylic acids is 6. The van der Waals surface area contributed by atoms with Gasteiger partial charge in [0.1, 0.15) is 0 Å². The number of aliphatic hydroxyl groups is 2. The number of carbonyl (C=O) groups is 6. The van der Waals surface area contributed by atoms with Crippen LogP contribution in [0.5, 0.6) is 0 Å². The topological polar surface area (TPSA) is 264 Å². The van der Waals surface area contributed by atoms with Gasteiger partial charge in [0, 0.05) is 0 Å². The van der Waals surface area contributed by atoms with Crippen molar-refractivity contribution in [3.63, 3.8) is 0 Å². The van der Waals surface area contributed by atoms with Crippen LogP contribution < -0.4 is 0 Å². The molecule has 0 aliphatic carbocycles. The molecule has 0 aromatic heterocycles. The van der Waals surface area contributed by atoms with Crippen LogP contribution in [0.1, 0.15) is 25.7 Å². The van der Waals surface area contributed by atoms with Crippen molar-refractivity contribution in [2.75, 3.05) is 0 Å². The van der Waals surface area contributed by atoms with Crippen LogP contribution in [0.4, 0.5) is 0 Å². The van der Waals surface area contributed by atoms with Crippen molar-refractivity contribution in [1.29, 1.82) is 0 Å². The maximum Gasteiger partial charge on any atom is 0.336 e. The van der Waals surface area contributed by atoms with Crippen LogP contribution in [0.2, 0.25) is 0 Å². The molecule has 0 rings (SSSR count). The zero-order valence-corrected chi connectivity index (χ0v) is 12.9. The van der Waals surface area contributed by atoms with Gasteiger partial charge in [-0.1, -0.05) is 0 Å². The summed E-state index contributed by atoms with van der Waals surface area (Å²) in [5, 5.41) is 67.6. The summed E-state index contributed by atoms with van der Waals surface area (Å²) in [6.45, 7) is 0. The Labute approximate surface area is 210 Å². The van der Waals surface area contributed by atoms with E-state index in [1.165, 1.54) is 0 Å². The standard InChI is InChI=1S/2C6H8O7.3Mg.6H/c2*7-3(8)1-6(13,5(11)12)2-4(9)10;;;;;;;;;/h2*13H,1-2H2,(H,7,8)(H,9,10)(H,11,12);;;;;;;;;. The predicted octanol–water partition coefficient (Wildman–Crippen LogP) is -5.25. The van der Waals surface area contributed by atoms with Crippen molar-refractivity contribution in [3.05, 3.63) is 0 Å². The second-order valence-corrected chi connectivity index (χ2v) is 4.96. The van der Waals surface area contributed by atoms with E-state index in [2.05, 4.69) is 0 Å². The van der Waals surface area contributed by atoms with Gasteiger partial charge in [0.15, 0.2) is 11.2 Å². The lowest BCUT2D eigenvalue weighted by Gasteiger charge is -2.18. The molecular formula is C12H22Mg3O14. The Balaban J connectivity index is -0.000000120. The zero-order chi connectivity index (χ0) is 21.3. The minimum absolute atomic E-state index is 0. The van der Waals surface area contributed by atoms with Crippen molar-refractivity contribution in [2.24, 2.45) is 0 Å². The first-order valence-corrected chi connectivity index (χ1v) is 6.34. The normalized spacial score (nSPS) is 9.72. The SMILES string of the molecule is O=C(O)CC(O)(CC(=O)O)C(=O)O.O=C(O)CC(O)(CC(=O)O)C(=O)O.[MgH2].[MgH2].[MgH2]. The number of rotatable bonds is 10. The molecule has 0 atom stereocenters. The predicted molar refractivity (Wildman–Crippen MR) is 99.8 cm³/mol. The largest absolute Gasteiger partial charge is 0.481 e. The summed E-state index contributed by atoms with van der Waals surface area (Å²) in [6.07, 6.45) is -4.58. The highest BCUT2D eigenvalue weighted by Gasteiger charge is 2.41. The Morgan fingerprint density at radius 3 is 0.655 bits per heavy atom. The highest BCUT2D eigenvalue weighted by atomic mass is 24.3. The van der Waals surface area contributed by atoms with Crippen LogP contribution in [0.15, 0.2) is 0 Å². The van der Waals surface area contributed by atoms with E-state index in [0.29, 0.717) is 0 Å². The van der Waals surface area contributed by atoms with Crippen molar-refractivity contribution < 1.29 is 69.6 Å². The molecule has 17 heteroatoms. The molecule has 0 spiro atoms. The lowest BCUT2D eigenvalue weighted by Crippen LogP contribution is -2.42. The first-order chi connectivity index (χ1) is 11.6. The lowest BCUT2D eigenvalue weighted by atomic mass is 9.96. The molecule has 0 heterocycles. The van der Waals surface area contributed by atoms with E-state index in [4.69, 9.17) is 40.9 Å². The summed E-state index contributed by atoms with van der Waals surface area (Å²) in [5.74, 6) is -10.0. The van der Waals surface area contributed by atoms with Gasteiger partial charge in [0.2, 0.25) is 0 Å². The fourth-order valence-corrected chi connectivity index (χ4v) is 1.43. The molecule has 29 heavy (non-hydrogen) atoms. The Morgan fingerprint density at radius 2 is 0.586 bits per heavy atom. The molecule has 0 fully saturated rings. The van der Waals surface area contributed by atoms with Crippen LogP contribution in [-0.2, 0) is 28.8 Å². The van der Waals surface area contributed by atoms with Gasteiger partial charge in [-0.05, 0) is 0 Å². The number of carboxylic acids is 6. The van der Waals surface area contributed by atoms with Crippen molar-refractivity contribution in [1.82, 2.24) is 0 Å². The summed E-state index contributed by atoms with van der Waals surface area (Å²) in [6, 6.07) is 0. The van der Waals surface area contributed by atoms with Crippen molar-refractivity contribution >= 4 is 105 Å².